The Morgan fingerprint density at radius 1 is 1.47 bits per heavy atom. The summed E-state index contributed by atoms with van der Waals surface area (Å²) in [5.41, 5.74) is 1.16. The molecule has 0 bridgehead atoms. The molecule has 0 saturated carbocycles. The molecule has 1 heterocycles. The summed E-state index contributed by atoms with van der Waals surface area (Å²) in [6, 6.07) is 0. The van der Waals surface area contributed by atoms with Crippen LogP contribution in [0.15, 0.2) is 12.4 Å². The fraction of sp³-hybridized carbons (Fsp3) is 0.714. The second-order valence-corrected chi connectivity index (χ2v) is 5.24. The maximum absolute atomic E-state index is 11.5. The van der Waals surface area contributed by atoms with Gasteiger partial charge in [0.05, 0.1) is 6.20 Å². The topological polar surface area (TPSA) is 59.0 Å². The van der Waals surface area contributed by atoms with Gasteiger partial charge < -0.3 is 10.6 Å². The molecule has 19 heavy (non-hydrogen) atoms. The van der Waals surface area contributed by atoms with E-state index in [0.717, 1.165) is 31.6 Å². The van der Waals surface area contributed by atoms with E-state index in [-0.39, 0.29) is 5.91 Å². The molecule has 1 aromatic heterocycles. The van der Waals surface area contributed by atoms with Gasteiger partial charge >= 0.3 is 0 Å². The van der Waals surface area contributed by atoms with Gasteiger partial charge in [-0.3, -0.25) is 9.48 Å². The second-order valence-electron chi connectivity index (χ2n) is 5.24. The Morgan fingerprint density at radius 2 is 2.26 bits per heavy atom. The van der Waals surface area contributed by atoms with Crippen molar-refractivity contribution in [1.82, 2.24) is 20.4 Å². The largest absolute Gasteiger partial charge is 0.356 e. The summed E-state index contributed by atoms with van der Waals surface area (Å²) in [6.07, 6.45) is 5.54. The van der Waals surface area contributed by atoms with Crippen molar-refractivity contribution in [2.75, 3.05) is 13.1 Å². The van der Waals surface area contributed by atoms with Crippen LogP contribution in [0, 0.1) is 5.92 Å². The number of hydrogen-bond donors (Lipinski definition) is 2. The summed E-state index contributed by atoms with van der Waals surface area (Å²) in [7, 11) is 0. The monoisotopic (exact) mass is 266 g/mol. The first-order chi connectivity index (χ1) is 9.11. The van der Waals surface area contributed by atoms with Crippen molar-refractivity contribution in [2.24, 2.45) is 5.92 Å². The van der Waals surface area contributed by atoms with Gasteiger partial charge in [-0.05, 0) is 12.3 Å². The van der Waals surface area contributed by atoms with Crippen LogP contribution in [-0.4, -0.2) is 28.8 Å². The van der Waals surface area contributed by atoms with Crippen LogP contribution in [-0.2, 0) is 17.9 Å². The third kappa shape index (κ3) is 6.96. The number of aromatic nitrogens is 2. The summed E-state index contributed by atoms with van der Waals surface area (Å²) in [5.74, 6) is 0.615. The van der Waals surface area contributed by atoms with Crippen LogP contribution in [0.1, 0.15) is 39.2 Å². The highest BCUT2D eigenvalue weighted by atomic mass is 16.1. The van der Waals surface area contributed by atoms with Crippen molar-refractivity contribution in [3.8, 4) is 0 Å². The van der Waals surface area contributed by atoms with Crippen LogP contribution >= 0.6 is 0 Å². The SMILES string of the molecule is CCCn1cc(CNCCC(=O)NCC(C)C)cn1. The van der Waals surface area contributed by atoms with E-state index in [2.05, 4.69) is 42.7 Å². The zero-order valence-electron chi connectivity index (χ0n) is 12.3. The minimum absolute atomic E-state index is 0.114. The van der Waals surface area contributed by atoms with E-state index in [1.807, 2.05) is 10.9 Å². The number of aryl methyl sites for hydroxylation is 1. The Hall–Kier alpha value is -1.36. The van der Waals surface area contributed by atoms with Gasteiger partial charge in [0.15, 0.2) is 0 Å². The molecule has 1 rings (SSSR count). The maximum atomic E-state index is 11.5. The van der Waals surface area contributed by atoms with Crippen molar-refractivity contribution < 1.29 is 4.79 Å². The predicted octanol–water partition coefficient (Wildman–Crippen LogP) is 1.54. The van der Waals surface area contributed by atoms with Gasteiger partial charge in [-0.2, -0.15) is 5.10 Å². The van der Waals surface area contributed by atoms with E-state index in [9.17, 15) is 4.79 Å². The number of amides is 1. The van der Waals surface area contributed by atoms with Crippen molar-refractivity contribution in [3.63, 3.8) is 0 Å². The molecule has 0 aromatic carbocycles. The van der Waals surface area contributed by atoms with Gasteiger partial charge in [-0.25, -0.2) is 0 Å². The van der Waals surface area contributed by atoms with Crippen molar-refractivity contribution in [2.45, 2.75) is 46.7 Å². The van der Waals surface area contributed by atoms with Crippen LogP contribution in [0.4, 0.5) is 0 Å². The van der Waals surface area contributed by atoms with Crippen molar-refractivity contribution in [1.29, 1.82) is 0 Å². The fourth-order valence-electron chi connectivity index (χ4n) is 1.69. The molecule has 0 saturated heterocycles. The summed E-state index contributed by atoms with van der Waals surface area (Å²) in [5, 5.41) is 10.4. The van der Waals surface area contributed by atoms with Crippen molar-refractivity contribution >= 4 is 5.91 Å². The van der Waals surface area contributed by atoms with Gasteiger partial charge in [-0.15, -0.1) is 0 Å². The van der Waals surface area contributed by atoms with Crippen LogP contribution in [0.3, 0.4) is 0 Å². The minimum atomic E-state index is 0.114. The van der Waals surface area contributed by atoms with Crippen LogP contribution in [0.25, 0.3) is 0 Å². The third-order valence-electron chi connectivity index (χ3n) is 2.70. The van der Waals surface area contributed by atoms with Gasteiger partial charge in [0.25, 0.3) is 0 Å². The Labute approximate surface area is 115 Å². The molecule has 0 spiro atoms. The summed E-state index contributed by atoms with van der Waals surface area (Å²) >= 11 is 0. The lowest BCUT2D eigenvalue weighted by Crippen LogP contribution is -2.30. The Morgan fingerprint density at radius 3 is 2.95 bits per heavy atom. The van der Waals surface area contributed by atoms with Gasteiger partial charge in [-0.1, -0.05) is 20.8 Å². The predicted molar refractivity (Wildman–Crippen MR) is 76.7 cm³/mol. The lowest BCUT2D eigenvalue weighted by atomic mass is 10.2. The molecular formula is C14H26N4O. The van der Waals surface area contributed by atoms with Crippen LogP contribution < -0.4 is 10.6 Å². The van der Waals surface area contributed by atoms with E-state index in [1.165, 1.54) is 0 Å². The first-order valence-corrected chi connectivity index (χ1v) is 7.10. The van der Waals surface area contributed by atoms with Gasteiger partial charge in [0.2, 0.25) is 5.91 Å². The first-order valence-electron chi connectivity index (χ1n) is 7.10. The molecule has 0 unspecified atom stereocenters. The molecule has 0 aliphatic heterocycles. The minimum Gasteiger partial charge on any atom is -0.356 e. The molecule has 0 atom stereocenters. The highest BCUT2D eigenvalue weighted by Gasteiger charge is 2.02. The first kappa shape index (κ1) is 15.7. The molecule has 0 fully saturated rings. The number of carbonyl (C=O) groups excluding carboxylic acids is 1. The lowest BCUT2D eigenvalue weighted by molar-refractivity contribution is -0.121. The zero-order valence-corrected chi connectivity index (χ0v) is 12.3. The number of carbonyl (C=O) groups is 1. The normalized spacial score (nSPS) is 10.9. The lowest BCUT2D eigenvalue weighted by Gasteiger charge is -2.07. The summed E-state index contributed by atoms with van der Waals surface area (Å²) in [6.45, 7) is 9.48. The van der Waals surface area contributed by atoms with E-state index >= 15 is 0 Å². The van der Waals surface area contributed by atoms with E-state index in [0.29, 0.717) is 18.9 Å². The highest BCUT2D eigenvalue weighted by Crippen LogP contribution is 1.98. The zero-order chi connectivity index (χ0) is 14.1. The quantitative estimate of drug-likeness (QED) is 0.667. The second kappa shape index (κ2) is 8.69. The maximum Gasteiger partial charge on any atom is 0.221 e. The molecule has 108 valence electrons. The van der Waals surface area contributed by atoms with Gasteiger partial charge in [0, 0.05) is 44.4 Å². The number of nitrogens with one attached hydrogen (secondary N) is 2. The van der Waals surface area contributed by atoms with E-state index in [1.54, 1.807) is 0 Å². The van der Waals surface area contributed by atoms with E-state index < -0.39 is 0 Å². The summed E-state index contributed by atoms with van der Waals surface area (Å²) < 4.78 is 1.95. The number of nitrogens with zero attached hydrogens (tertiary/aromatic N) is 2. The van der Waals surface area contributed by atoms with Crippen LogP contribution in [0.5, 0.6) is 0 Å². The van der Waals surface area contributed by atoms with E-state index in [4.69, 9.17) is 0 Å². The molecule has 0 aliphatic rings. The van der Waals surface area contributed by atoms with Gasteiger partial charge in [0.1, 0.15) is 0 Å². The highest BCUT2D eigenvalue weighted by molar-refractivity contribution is 5.76. The average Bonchev–Trinajstić information content (AvgIpc) is 2.80. The van der Waals surface area contributed by atoms with Crippen molar-refractivity contribution in [3.05, 3.63) is 18.0 Å². The Bertz CT molecular complexity index is 373. The molecule has 5 nitrogen and oxygen atoms in total. The summed E-state index contributed by atoms with van der Waals surface area (Å²) in [4.78, 5) is 11.5. The standard InChI is InChI=1S/C14H26N4O/c1-4-7-18-11-13(10-17-18)9-15-6-5-14(19)16-8-12(2)3/h10-12,15H,4-9H2,1-3H3,(H,16,19). The molecular weight excluding hydrogens is 240 g/mol. The fourth-order valence-corrected chi connectivity index (χ4v) is 1.69. The number of hydrogen-bond acceptors (Lipinski definition) is 3. The third-order valence-corrected chi connectivity index (χ3v) is 2.70. The number of rotatable bonds is 9. The molecule has 1 amide bonds. The Balaban J connectivity index is 2.11. The van der Waals surface area contributed by atoms with Crippen LogP contribution in [0.2, 0.25) is 0 Å². The molecule has 2 N–H and O–H groups in total. The average molecular weight is 266 g/mol. The Kier molecular flexibility index (Phi) is 7.18. The molecule has 5 heteroatoms. The smallest absolute Gasteiger partial charge is 0.221 e. The molecule has 0 radical (unpaired) electrons. The molecule has 0 aliphatic carbocycles. The molecule has 1 aromatic rings.